The first-order chi connectivity index (χ1) is 7.98. The molecule has 2 rings (SSSR count). The third-order valence-corrected chi connectivity index (χ3v) is 3.14. The van der Waals surface area contributed by atoms with E-state index >= 15 is 0 Å². The van der Waals surface area contributed by atoms with Gasteiger partial charge in [0.2, 0.25) is 5.91 Å². The van der Waals surface area contributed by atoms with Gasteiger partial charge in [-0.3, -0.25) is 9.59 Å². The van der Waals surface area contributed by atoms with E-state index in [-0.39, 0.29) is 23.4 Å². The quantitative estimate of drug-likeness (QED) is 0.790. The molecule has 1 heterocycles. The number of aromatic nitrogens is 1. The van der Waals surface area contributed by atoms with Crippen molar-refractivity contribution in [3.63, 3.8) is 0 Å². The van der Waals surface area contributed by atoms with Crippen molar-refractivity contribution in [2.75, 3.05) is 12.3 Å². The number of nitrogen functional groups attached to an aromatic ring is 1. The molecule has 1 aliphatic carbocycles. The van der Waals surface area contributed by atoms with Crippen molar-refractivity contribution in [2.45, 2.75) is 26.3 Å². The van der Waals surface area contributed by atoms with Gasteiger partial charge in [0.15, 0.2) is 0 Å². The van der Waals surface area contributed by atoms with Gasteiger partial charge >= 0.3 is 0 Å². The van der Waals surface area contributed by atoms with Crippen LogP contribution in [0, 0.1) is 5.41 Å². The van der Waals surface area contributed by atoms with Crippen LogP contribution in [0.1, 0.15) is 19.8 Å². The molecule has 0 aliphatic heterocycles. The van der Waals surface area contributed by atoms with Crippen molar-refractivity contribution in [3.05, 3.63) is 28.7 Å². The van der Waals surface area contributed by atoms with Crippen LogP contribution < -0.4 is 16.6 Å². The molecule has 1 aliphatic rings. The summed E-state index contributed by atoms with van der Waals surface area (Å²) in [6.45, 7) is 2.85. The summed E-state index contributed by atoms with van der Waals surface area (Å²) >= 11 is 0. The van der Waals surface area contributed by atoms with Crippen LogP contribution in [0.25, 0.3) is 0 Å². The number of carbonyl (C=O) groups is 1. The largest absolute Gasteiger partial charge is 0.398 e. The minimum absolute atomic E-state index is 0.0277. The molecule has 5 nitrogen and oxygen atoms in total. The van der Waals surface area contributed by atoms with Crippen molar-refractivity contribution in [1.29, 1.82) is 0 Å². The average molecular weight is 235 g/mol. The fourth-order valence-electron chi connectivity index (χ4n) is 1.59. The Morgan fingerprint density at radius 2 is 2.24 bits per heavy atom. The van der Waals surface area contributed by atoms with Crippen LogP contribution in [0.15, 0.2) is 23.1 Å². The van der Waals surface area contributed by atoms with Crippen LogP contribution in [-0.4, -0.2) is 17.0 Å². The maximum absolute atomic E-state index is 11.6. The van der Waals surface area contributed by atoms with Gasteiger partial charge in [-0.05, 0) is 24.3 Å². The predicted molar refractivity (Wildman–Crippen MR) is 65.5 cm³/mol. The Morgan fingerprint density at radius 3 is 2.88 bits per heavy atom. The van der Waals surface area contributed by atoms with E-state index in [4.69, 9.17) is 5.73 Å². The van der Waals surface area contributed by atoms with Crippen molar-refractivity contribution in [1.82, 2.24) is 9.88 Å². The van der Waals surface area contributed by atoms with Gasteiger partial charge in [-0.1, -0.05) is 6.92 Å². The highest BCUT2D eigenvalue weighted by Gasteiger charge is 2.37. The van der Waals surface area contributed by atoms with E-state index in [1.807, 2.05) is 0 Å². The highest BCUT2D eigenvalue weighted by atomic mass is 16.2. The molecule has 5 heteroatoms. The monoisotopic (exact) mass is 235 g/mol. The lowest BCUT2D eigenvalue weighted by Gasteiger charge is -2.11. The van der Waals surface area contributed by atoms with Crippen molar-refractivity contribution < 1.29 is 4.79 Å². The van der Waals surface area contributed by atoms with Gasteiger partial charge in [0.05, 0.1) is 0 Å². The first kappa shape index (κ1) is 11.7. The number of nitrogens with zero attached hydrogens (tertiary/aromatic N) is 1. The van der Waals surface area contributed by atoms with E-state index in [1.165, 1.54) is 22.9 Å². The first-order valence-corrected chi connectivity index (χ1v) is 5.71. The van der Waals surface area contributed by atoms with E-state index in [0.29, 0.717) is 12.2 Å². The van der Waals surface area contributed by atoms with Crippen LogP contribution >= 0.6 is 0 Å². The van der Waals surface area contributed by atoms with Gasteiger partial charge in [0.25, 0.3) is 5.56 Å². The Labute approximate surface area is 99.6 Å². The highest BCUT2D eigenvalue weighted by molar-refractivity contribution is 5.75. The van der Waals surface area contributed by atoms with E-state index in [0.717, 1.165) is 12.8 Å². The molecule has 0 radical (unpaired) electrons. The van der Waals surface area contributed by atoms with E-state index < -0.39 is 0 Å². The van der Waals surface area contributed by atoms with Gasteiger partial charge < -0.3 is 15.6 Å². The Kier molecular flexibility index (Phi) is 2.92. The molecule has 0 atom stereocenters. The van der Waals surface area contributed by atoms with Crippen molar-refractivity contribution in [2.24, 2.45) is 5.41 Å². The number of pyridine rings is 1. The normalized spacial score (nSPS) is 16.5. The maximum Gasteiger partial charge on any atom is 0.251 e. The Bertz CT molecular complexity index is 489. The van der Waals surface area contributed by atoms with E-state index in [1.54, 1.807) is 0 Å². The van der Waals surface area contributed by atoms with Crippen LogP contribution in [0.4, 0.5) is 5.69 Å². The topological polar surface area (TPSA) is 77.1 Å². The van der Waals surface area contributed by atoms with Crippen LogP contribution in [-0.2, 0) is 11.3 Å². The van der Waals surface area contributed by atoms with Gasteiger partial charge in [-0.2, -0.15) is 0 Å². The standard InChI is InChI=1S/C12H17N3O2/c1-12(4-5-12)8-14-10(16)7-15-6-9(13)2-3-11(15)17/h2-3,6H,4-5,7-8,13H2,1H3,(H,14,16). The van der Waals surface area contributed by atoms with Gasteiger partial charge in [-0.15, -0.1) is 0 Å². The summed E-state index contributed by atoms with van der Waals surface area (Å²) in [5, 5.41) is 2.84. The molecular formula is C12H17N3O2. The Hall–Kier alpha value is -1.78. The Balaban J connectivity index is 1.93. The molecule has 0 unspecified atom stereocenters. The maximum atomic E-state index is 11.6. The summed E-state index contributed by atoms with van der Waals surface area (Å²) in [5.41, 5.74) is 6.10. The summed E-state index contributed by atoms with van der Waals surface area (Å²) in [6.07, 6.45) is 3.80. The molecule has 0 spiro atoms. The third kappa shape index (κ3) is 3.09. The van der Waals surface area contributed by atoms with Gasteiger partial charge in [-0.25, -0.2) is 0 Å². The molecule has 1 aromatic rings. The Morgan fingerprint density at radius 1 is 1.53 bits per heavy atom. The molecule has 0 saturated heterocycles. The molecule has 3 N–H and O–H groups in total. The third-order valence-electron chi connectivity index (χ3n) is 3.14. The number of hydrogen-bond acceptors (Lipinski definition) is 3. The zero-order valence-corrected chi connectivity index (χ0v) is 9.90. The second-order valence-electron chi connectivity index (χ2n) is 5.02. The molecule has 17 heavy (non-hydrogen) atoms. The molecule has 1 fully saturated rings. The molecule has 92 valence electrons. The second-order valence-corrected chi connectivity index (χ2v) is 5.02. The fraction of sp³-hybridized carbons (Fsp3) is 0.500. The fourth-order valence-corrected chi connectivity index (χ4v) is 1.59. The average Bonchev–Trinajstić information content (AvgIpc) is 3.00. The van der Waals surface area contributed by atoms with Crippen LogP contribution in [0.5, 0.6) is 0 Å². The smallest absolute Gasteiger partial charge is 0.251 e. The molecule has 0 bridgehead atoms. The van der Waals surface area contributed by atoms with Gasteiger partial charge in [0, 0.05) is 24.5 Å². The lowest BCUT2D eigenvalue weighted by Crippen LogP contribution is -2.34. The van der Waals surface area contributed by atoms with E-state index in [2.05, 4.69) is 12.2 Å². The van der Waals surface area contributed by atoms with E-state index in [9.17, 15) is 9.59 Å². The number of carbonyl (C=O) groups excluding carboxylic acids is 1. The summed E-state index contributed by atoms with van der Waals surface area (Å²) in [4.78, 5) is 23.1. The van der Waals surface area contributed by atoms with Gasteiger partial charge in [0.1, 0.15) is 6.54 Å². The zero-order chi connectivity index (χ0) is 12.5. The molecular weight excluding hydrogens is 218 g/mol. The van der Waals surface area contributed by atoms with Crippen LogP contribution in [0.3, 0.4) is 0 Å². The summed E-state index contributed by atoms with van der Waals surface area (Å²) in [7, 11) is 0. The highest BCUT2D eigenvalue weighted by Crippen LogP contribution is 2.43. The number of rotatable bonds is 4. The zero-order valence-electron chi connectivity index (χ0n) is 9.90. The first-order valence-electron chi connectivity index (χ1n) is 5.71. The lowest BCUT2D eigenvalue weighted by atomic mass is 10.1. The summed E-state index contributed by atoms with van der Waals surface area (Å²) in [5.74, 6) is -0.147. The van der Waals surface area contributed by atoms with Crippen molar-refractivity contribution >= 4 is 11.6 Å². The molecule has 1 aromatic heterocycles. The number of amides is 1. The lowest BCUT2D eigenvalue weighted by molar-refractivity contribution is -0.121. The summed E-state index contributed by atoms with van der Waals surface area (Å²) < 4.78 is 1.32. The molecule has 0 aromatic carbocycles. The second kappa shape index (κ2) is 4.24. The minimum atomic E-state index is -0.216. The number of anilines is 1. The number of nitrogens with two attached hydrogens (primary N) is 1. The molecule has 1 saturated carbocycles. The number of hydrogen-bond donors (Lipinski definition) is 2. The summed E-state index contributed by atoms with van der Waals surface area (Å²) in [6, 6.07) is 2.90. The predicted octanol–water partition coefficient (Wildman–Crippen LogP) is 0.347. The minimum Gasteiger partial charge on any atom is -0.398 e. The van der Waals surface area contributed by atoms with Crippen molar-refractivity contribution in [3.8, 4) is 0 Å². The van der Waals surface area contributed by atoms with Crippen LogP contribution in [0.2, 0.25) is 0 Å². The molecule has 1 amide bonds. The SMILES string of the molecule is CC1(CNC(=O)Cn2cc(N)ccc2=O)CC1. The number of nitrogens with one attached hydrogen (secondary N) is 1.